The van der Waals surface area contributed by atoms with Gasteiger partial charge in [-0.1, -0.05) is 6.07 Å². The number of halogens is 2. The van der Waals surface area contributed by atoms with Gasteiger partial charge in [-0.25, -0.2) is 8.78 Å². The van der Waals surface area contributed by atoms with Gasteiger partial charge < -0.3 is 5.73 Å². The Labute approximate surface area is 113 Å². The third kappa shape index (κ3) is 2.97. The molecule has 3 heteroatoms. The Morgan fingerprint density at radius 1 is 1.05 bits per heavy atom. The minimum atomic E-state index is -0.748. The van der Waals surface area contributed by atoms with Crippen LogP contribution in [0.5, 0.6) is 0 Å². The van der Waals surface area contributed by atoms with Crippen molar-refractivity contribution in [2.75, 3.05) is 0 Å². The highest BCUT2D eigenvalue weighted by Crippen LogP contribution is 2.52. The first-order valence-corrected chi connectivity index (χ1v) is 7.34. The molecule has 0 bridgehead atoms. The molecule has 1 aromatic carbocycles. The number of nitrogens with two attached hydrogens (primary N) is 1. The number of rotatable bonds is 3. The molecule has 19 heavy (non-hydrogen) atoms. The van der Waals surface area contributed by atoms with Crippen LogP contribution in [0.15, 0.2) is 18.2 Å². The van der Waals surface area contributed by atoms with Crippen molar-refractivity contribution in [1.82, 2.24) is 0 Å². The van der Waals surface area contributed by atoms with Crippen molar-refractivity contribution < 1.29 is 8.78 Å². The van der Waals surface area contributed by atoms with Gasteiger partial charge in [-0.2, -0.15) is 0 Å². The summed E-state index contributed by atoms with van der Waals surface area (Å²) in [6.07, 6.45) is 7.13. The summed E-state index contributed by atoms with van der Waals surface area (Å²) in [7, 11) is 0. The van der Waals surface area contributed by atoms with E-state index in [1.807, 2.05) is 0 Å². The zero-order valence-corrected chi connectivity index (χ0v) is 11.1. The van der Waals surface area contributed by atoms with Crippen molar-refractivity contribution in [3.8, 4) is 0 Å². The molecule has 3 rings (SSSR count). The quantitative estimate of drug-likeness (QED) is 0.879. The van der Waals surface area contributed by atoms with Crippen LogP contribution < -0.4 is 5.73 Å². The summed E-state index contributed by atoms with van der Waals surface area (Å²) in [5.74, 6) is 0.448. The first-order chi connectivity index (χ1) is 9.13. The third-order valence-corrected chi connectivity index (χ3v) is 4.82. The Hall–Kier alpha value is -0.960. The number of benzene rings is 1. The van der Waals surface area contributed by atoms with Gasteiger partial charge >= 0.3 is 0 Å². The van der Waals surface area contributed by atoms with Crippen LogP contribution in [0, 0.1) is 23.5 Å². The van der Waals surface area contributed by atoms with Crippen LogP contribution in [0.25, 0.3) is 0 Å². The Kier molecular flexibility index (Phi) is 3.57. The molecule has 0 amide bonds. The highest BCUT2D eigenvalue weighted by molar-refractivity contribution is 5.27. The fourth-order valence-electron chi connectivity index (χ4n) is 3.51. The molecule has 1 aromatic rings. The van der Waals surface area contributed by atoms with Crippen LogP contribution in [0.4, 0.5) is 8.78 Å². The van der Waals surface area contributed by atoms with Crippen LogP contribution >= 0.6 is 0 Å². The summed E-state index contributed by atoms with van der Waals surface area (Å²) in [5, 5.41) is 0. The molecule has 2 aliphatic carbocycles. The topological polar surface area (TPSA) is 26.0 Å². The summed E-state index contributed by atoms with van der Waals surface area (Å²) in [5.41, 5.74) is 6.88. The summed E-state index contributed by atoms with van der Waals surface area (Å²) in [6.45, 7) is 0. The molecule has 2 saturated carbocycles. The second-order valence-corrected chi connectivity index (χ2v) is 6.29. The summed E-state index contributed by atoms with van der Waals surface area (Å²) in [4.78, 5) is 0. The maximum Gasteiger partial charge on any atom is 0.159 e. The Balaban J connectivity index is 1.54. The normalized spacial score (nSPS) is 34.3. The lowest BCUT2D eigenvalue weighted by Crippen LogP contribution is -2.26. The van der Waals surface area contributed by atoms with Crippen molar-refractivity contribution in [2.24, 2.45) is 17.6 Å². The second-order valence-electron chi connectivity index (χ2n) is 6.29. The molecule has 2 atom stereocenters. The SMILES string of the molecule is NC1CCC(C[C@H]2C[C@@H]2c2ccc(F)c(F)c2)CC1. The third-order valence-electron chi connectivity index (χ3n) is 4.82. The molecule has 0 aliphatic heterocycles. The lowest BCUT2D eigenvalue weighted by molar-refractivity contribution is 0.298. The summed E-state index contributed by atoms with van der Waals surface area (Å²) in [6, 6.07) is 4.76. The van der Waals surface area contributed by atoms with Crippen LogP contribution in [-0.4, -0.2) is 6.04 Å². The van der Waals surface area contributed by atoms with Crippen molar-refractivity contribution >= 4 is 0 Å². The van der Waals surface area contributed by atoms with E-state index in [0.29, 0.717) is 17.9 Å². The standard InChI is InChI=1S/C16H21F2N/c17-15-6-3-11(9-16(15)18)14-8-12(14)7-10-1-4-13(19)5-2-10/h3,6,9-10,12-14H,1-2,4-5,7-8,19H2/t10?,12-,13?,14+/m0/s1. The zero-order valence-electron chi connectivity index (χ0n) is 11.1. The van der Waals surface area contributed by atoms with Gasteiger partial charge in [0.05, 0.1) is 0 Å². The molecule has 0 radical (unpaired) electrons. The maximum absolute atomic E-state index is 13.2. The maximum atomic E-state index is 13.2. The van der Waals surface area contributed by atoms with Crippen molar-refractivity contribution in [2.45, 2.75) is 50.5 Å². The first-order valence-electron chi connectivity index (χ1n) is 7.34. The van der Waals surface area contributed by atoms with E-state index in [0.717, 1.165) is 30.7 Å². The molecule has 0 spiro atoms. The molecule has 2 aliphatic rings. The average Bonchev–Trinajstić information content (AvgIpc) is 3.15. The van der Waals surface area contributed by atoms with Crippen molar-refractivity contribution in [3.05, 3.63) is 35.4 Å². The molecular weight excluding hydrogens is 244 g/mol. The molecule has 2 N–H and O–H groups in total. The Morgan fingerprint density at radius 2 is 1.79 bits per heavy atom. The Bertz CT molecular complexity index is 452. The predicted octanol–water partition coefficient (Wildman–Crippen LogP) is 3.98. The second kappa shape index (κ2) is 5.20. The molecule has 1 nitrogen and oxygen atoms in total. The van der Waals surface area contributed by atoms with Gasteiger partial charge in [0.15, 0.2) is 11.6 Å². The van der Waals surface area contributed by atoms with Gasteiger partial charge in [-0.05, 0) is 74.0 Å². The van der Waals surface area contributed by atoms with E-state index >= 15 is 0 Å². The molecule has 0 saturated heterocycles. The van der Waals surface area contributed by atoms with Gasteiger partial charge in [-0.15, -0.1) is 0 Å². The highest BCUT2D eigenvalue weighted by Gasteiger charge is 2.40. The Morgan fingerprint density at radius 3 is 2.47 bits per heavy atom. The van der Waals surface area contributed by atoms with Gasteiger partial charge in [0, 0.05) is 6.04 Å². The molecular formula is C16H21F2N. The van der Waals surface area contributed by atoms with Crippen molar-refractivity contribution in [3.63, 3.8) is 0 Å². The highest BCUT2D eigenvalue weighted by atomic mass is 19.2. The minimum absolute atomic E-state index is 0.400. The smallest absolute Gasteiger partial charge is 0.159 e. The number of hydrogen-bond donors (Lipinski definition) is 1. The fourth-order valence-corrected chi connectivity index (χ4v) is 3.51. The van der Waals surface area contributed by atoms with Crippen molar-refractivity contribution in [1.29, 1.82) is 0 Å². The zero-order chi connectivity index (χ0) is 13.4. The van der Waals surface area contributed by atoms with E-state index in [9.17, 15) is 8.78 Å². The predicted molar refractivity (Wildman–Crippen MR) is 71.8 cm³/mol. The van der Waals surface area contributed by atoms with Crippen LogP contribution in [-0.2, 0) is 0 Å². The molecule has 0 heterocycles. The largest absolute Gasteiger partial charge is 0.328 e. The van der Waals surface area contributed by atoms with E-state index < -0.39 is 11.6 Å². The minimum Gasteiger partial charge on any atom is -0.328 e. The first kappa shape index (κ1) is 13.0. The van der Waals surface area contributed by atoms with E-state index in [4.69, 9.17) is 5.73 Å². The lowest BCUT2D eigenvalue weighted by atomic mass is 9.83. The summed E-state index contributed by atoms with van der Waals surface area (Å²) >= 11 is 0. The van der Waals surface area contributed by atoms with E-state index in [1.54, 1.807) is 6.07 Å². The van der Waals surface area contributed by atoms with Gasteiger partial charge in [0.1, 0.15) is 0 Å². The number of hydrogen-bond acceptors (Lipinski definition) is 1. The molecule has 104 valence electrons. The van der Waals surface area contributed by atoms with Crippen LogP contribution in [0.2, 0.25) is 0 Å². The lowest BCUT2D eigenvalue weighted by Gasteiger charge is -2.26. The van der Waals surface area contributed by atoms with Gasteiger partial charge in [0.2, 0.25) is 0 Å². The summed E-state index contributed by atoms with van der Waals surface area (Å²) < 4.78 is 26.1. The van der Waals surface area contributed by atoms with Gasteiger partial charge in [-0.3, -0.25) is 0 Å². The average molecular weight is 265 g/mol. The molecule has 0 aromatic heterocycles. The van der Waals surface area contributed by atoms with Crippen LogP contribution in [0.1, 0.15) is 50.0 Å². The van der Waals surface area contributed by atoms with Crippen LogP contribution in [0.3, 0.4) is 0 Å². The van der Waals surface area contributed by atoms with Gasteiger partial charge in [0.25, 0.3) is 0 Å². The fraction of sp³-hybridized carbons (Fsp3) is 0.625. The monoisotopic (exact) mass is 265 g/mol. The van der Waals surface area contributed by atoms with E-state index in [2.05, 4.69) is 0 Å². The molecule has 2 fully saturated rings. The van der Waals surface area contributed by atoms with E-state index in [1.165, 1.54) is 31.4 Å². The molecule has 0 unspecified atom stereocenters. The van der Waals surface area contributed by atoms with E-state index in [-0.39, 0.29) is 0 Å².